The van der Waals surface area contributed by atoms with Crippen LogP contribution in [0.5, 0.6) is 5.75 Å². The Labute approximate surface area is 106 Å². The highest BCUT2D eigenvalue weighted by Gasteiger charge is 2.31. The number of benzene rings is 1. The standard InChI is InChI=1S/C14H17BrO/c1-5-11-9(2)14(3,4)16-13-7-6-10(15)8-12(11)13/h6-8H,5H2,1-4H3. The van der Waals surface area contributed by atoms with Crippen LogP contribution in [0, 0.1) is 0 Å². The fraction of sp³-hybridized carbons (Fsp3) is 0.429. The van der Waals surface area contributed by atoms with Gasteiger partial charge >= 0.3 is 0 Å². The molecule has 1 aromatic carbocycles. The first-order chi connectivity index (χ1) is 7.45. The lowest BCUT2D eigenvalue weighted by Crippen LogP contribution is -2.33. The number of allylic oxidation sites excluding steroid dienone is 1. The largest absolute Gasteiger partial charge is 0.483 e. The summed E-state index contributed by atoms with van der Waals surface area (Å²) < 4.78 is 7.14. The molecule has 0 amide bonds. The van der Waals surface area contributed by atoms with Gasteiger partial charge < -0.3 is 4.74 Å². The van der Waals surface area contributed by atoms with E-state index in [0.29, 0.717) is 0 Å². The maximum Gasteiger partial charge on any atom is 0.128 e. The SMILES string of the molecule is CCC1=C(C)C(C)(C)Oc2ccc(Br)cc21. The molecule has 0 N–H and O–H groups in total. The summed E-state index contributed by atoms with van der Waals surface area (Å²) in [6.45, 7) is 8.62. The van der Waals surface area contributed by atoms with Gasteiger partial charge in [-0.05, 0) is 56.5 Å². The van der Waals surface area contributed by atoms with Crippen molar-refractivity contribution in [3.05, 3.63) is 33.8 Å². The van der Waals surface area contributed by atoms with Crippen molar-refractivity contribution in [3.63, 3.8) is 0 Å². The highest BCUT2D eigenvalue weighted by molar-refractivity contribution is 9.10. The molecule has 2 heteroatoms. The summed E-state index contributed by atoms with van der Waals surface area (Å²) in [6.07, 6.45) is 1.04. The Bertz CT molecular complexity index is 458. The lowest BCUT2D eigenvalue weighted by atomic mass is 9.86. The molecular formula is C14H17BrO. The molecule has 86 valence electrons. The van der Waals surface area contributed by atoms with Crippen molar-refractivity contribution in [3.8, 4) is 5.75 Å². The van der Waals surface area contributed by atoms with E-state index >= 15 is 0 Å². The minimum absolute atomic E-state index is 0.188. The monoisotopic (exact) mass is 280 g/mol. The molecule has 0 fully saturated rings. The zero-order valence-electron chi connectivity index (χ0n) is 10.2. The minimum Gasteiger partial charge on any atom is -0.483 e. The van der Waals surface area contributed by atoms with Crippen LogP contribution in [0.3, 0.4) is 0 Å². The van der Waals surface area contributed by atoms with Crippen LogP contribution >= 0.6 is 15.9 Å². The number of halogens is 1. The van der Waals surface area contributed by atoms with E-state index in [-0.39, 0.29) is 5.60 Å². The zero-order chi connectivity index (χ0) is 11.9. The van der Waals surface area contributed by atoms with Crippen molar-refractivity contribution in [2.75, 3.05) is 0 Å². The number of rotatable bonds is 1. The smallest absolute Gasteiger partial charge is 0.128 e. The maximum atomic E-state index is 6.04. The fourth-order valence-corrected chi connectivity index (χ4v) is 2.56. The van der Waals surface area contributed by atoms with E-state index in [4.69, 9.17) is 4.74 Å². The van der Waals surface area contributed by atoms with Crippen LogP contribution < -0.4 is 4.74 Å². The van der Waals surface area contributed by atoms with Gasteiger partial charge in [0.05, 0.1) is 0 Å². The van der Waals surface area contributed by atoms with Gasteiger partial charge in [-0.15, -0.1) is 0 Å². The molecule has 0 bridgehead atoms. The first kappa shape index (κ1) is 11.7. The maximum absolute atomic E-state index is 6.04. The van der Waals surface area contributed by atoms with Crippen molar-refractivity contribution in [2.24, 2.45) is 0 Å². The van der Waals surface area contributed by atoms with Crippen LogP contribution in [-0.2, 0) is 0 Å². The van der Waals surface area contributed by atoms with Crippen molar-refractivity contribution >= 4 is 21.5 Å². The van der Waals surface area contributed by atoms with E-state index in [0.717, 1.165) is 16.6 Å². The fourth-order valence-electron chi connectivity index (χ4n) is 2.20. The Morgan fingerprint density at radius 1 is 1.31 bits per heavy atom. The topological polar surface area (TPSA) is 9.23 Å². The highest BCUT2D eigenvalue weighted by Crippen LogP contribution is 2.42. The first-order valence-electron chi connectivity index (χ1n) is 5.65. The molecular weight excluding hydrogens is 264 g/mol. The summed E-state index contributed by atoms with van der Waals surface area (Å²) >= 11 is 3.52. The molecule has 0 unspecified atom stereocenters. The van der Waals surface area contributed by atoms with E-state index in [1.165, 1.54) is 16.7 Å². The lowest BCUT2D eigenvalue weighted by Gasteiger charge is -2.35. The highest BCUT2D eigenvalue weighted by atomic mass is 79.9. The molecule has 1 nitrogen and oxygen atoms in total. The Morgan fingerprint density at radius 2 is 2.00 bits per heavy atom. The summed E-state index contributed by atoms with van der Waals surface area (Å²) in [7, 11) is 0. The van der Waals surface area contributed by atoms with Crippen molar-refractivity contribution in [1.82, 2.24) is 0 Å². The third-order valence-electron chi connectivity index (χ3n) is 3.34. The predicted molar refractivity (Wildman–Crippen MR) is 71.7 cm³/mol. The first-order valence-corrected chi connectivity index (χ1v) is 6.44. The summed E-state index contributed by atoms with van der Waals surface area (Å²) in [5.74, 6) is 0.996. The normalized spacial score (nSPS) is 18.1. The summed E-state index contributed by atoms with van der Waals surface area (Å²) in [5.41, 5.74) is 3.79. The lowest BCUT2D eigenvalue weighted by molar-refractivity contribution is 0.144. The molecule has 0 saturated heterocycles. The molecule has 0 aromatic heterocycles. The van der Waals surface area contributed by atoms with E-state index in [1.807, 2.05) is 12.1 Å². The van der Waals surface area contributed by atoms with E-state index < -0.39 is 0 Å². The predicted octanol–water partition coefficient (Wildman–Crippen LogP) is 4.80. The van der Waals surface area contributed by atoms with Crippen molar-refractivity contribution in [1.29, 1.82) is 0 Å². The van der Waals surface area contributed by atoms with Crippen molar-refractivity contribution in [2.45, 2.75) is 39.7 Å². The van der Waals surface area contributed by atoms with Crippen LogP contribution in [0.25, 0.3) is 5.57 Å². The van der Waals surface area contributed by atoms with Crippen LogP contribution in [0.2, 0.25) is 0 Å². The average Bonchev–Trinajstić information content (AvgIpc) is 2.21. The molecule has 1 aromatic rings. The van der Waals surface area contributed by atoms with Crippen molar-refractivity contribution < 1.29 is 4.74 Å². The van der Waals surface area contributed by atoms with Crippen LogP contribution in [-0.4, -0.2) is 5.60 Å². The van der Waals surface area contributed by atoms with Gasteiger partial charge in [0.1, 0.15) is 11.4 Å². The number of fused-ring (bicyclic) bond motifs is 1. The number of hydrogen-bond acceptors (Lipinski definition) is 1. The van der Waals surface area contributed by atoms with Gasteiger partial charge in [-0.25, -0.2) is 0 Å². The third kappa shape index (κ3) is 1.80. The Kier molecular flexibility index (Phi) is 2.87. The Hall–Kier alpha value is -0.760. The molecule has 0 saturated carbocycles. The van der Waals surface area contributed by atoms with Gasteiger partial charge in [-0.1, -0.05) is 22.9 Å². The molecule has 1 aliphatic rings. The van der Waals surface area contributed by atoms with E-state index in [9.17, 15) is 0 Å². The Morgan fingerprint density at radius 3 is 2.62 bits per heavy atom. The zero-order valence-corrected chi connectivity index (χ0v) is 11.8. The molecule has 2 rings (SSSR count). The van der Waals surface area contributed by atoms with Gasteiger partial charge in [0.2, 0.25) is 0 Å². The molecule has 0 spiro atoms. The van der Waals surface area contributed by atoms with Gasteiger partial charge in [-0.3, -0.25) is 0 Å². The van der Waals surface area contributed by atoms with Gasteiger partial charge in [0, 0.05) is 10.0 Å². The summed E-state index contributed by atoms with van der Waals surface area (Å²) in [6, 6.07) is 6.22. The molecule has 0 radical (unpaired) electrons. The van der Waals surface area contributed by atoms with Crippen LogP contribution in [0.4, 0.5) is 0 Å². The quantitative estimate of drug-likeness (QED) is 0.718. The molecule has 1 aliphatic heterocycles. The average molecular weight is 281 g/mol. The van der Waals surface area contributed by atoms with Gasteiger partial charge in [-0.2, -0.15) is 0 Å². The Balaban J connectivity index is 2.66. The van der Waals surface area contributed by atoms with Gasteiger partial charge in [0.25, 0.3) is 0 Å². The minimum atomic E-state index is -0.188. The second kappa shape index (κ2) is 3.92. The molecule has 1 heterocycles. The van der Waals surface area contributed by atoms with Gasteiger partial charge in [0.15, 0.2) is 0 Å². The number of ether oxygens (including phenoxy) is 1. The third-order valence-corrected chi connectivity index (χ3v) is 3.83. The second-order valence-electron chi connectivity index (χ2n) is 4.71. The van der Waals surface area contributed by atoms with E-state index in [1.54, 1.807) is 0 Å². The second-order valence-corrected chi connectivity index (χ2v) is 5.63. The molecule has 16 heavy (non-hydrogen) atoms. The summed E-state index contributed by atoms with van der Waals surface area (Å²) in [5, 5.41) is 0. The summed E-state index contributed by atoms with van der Waals surface area (Å²) in [4.78, 5) is 0. The van der Waals surface area contributed by atoms with E-state index in [2.05, 4.69) is 49.7 Å². The number of hydrogen-bond donors (Lipinski definition) is 0. The van der Waals surface area contributed by atoms with Crippen LogP contribution in [0.1, 0.15) is 39.7 Å². The molecule has 0 aliphatic carbocycles. The van der Waals surface area contributed by atoms with Crippen LogP contribution in [0.15, 0.2) is 28.2 Å². The molecule has 0 atom stereocenters.